The summed E-state index contributed by atoms with van der Waals surface area (Å²) in [6.07, 6.45) is 0. The summed E-state index contributed by atoms with van der Waals surface area (Å²) >= 11 is 0. The molecule has 0 amide bonds. The van der Waals surface area contributed by atoms with Crippen LogP contribution in [0.2, 0.25) is 0 Å². The minimum atomic E-state index is -0.209. The average Bonchev–Trinajstić information content (AvgIpc) is 2.68. The van der Waals surface area contributed by atoms with Gasteiger partial charge in [0.1, 0.15) is 26.2 Å². The van der Waals surface area contributed by atoms with E-state index in [1.165, 1.54) is 15.4 Å². The first-order valence-corrected chi connectivity index (χ1v) is 9.37. The van der Waals surface area contributed by atoms with Crippen LogP contribution in [0.3, 0.4) is 0 Å². The number of carbonyl (C=O) groups is 1. The van der Waals surface area contributed by atoms with E-state index in [2.05, 4.69) is 24.3 Å². The van der Waals surface area contributed by atoms with Crippen LogP contribution in [0.4, 0.5) is 0 Å². The Kier molecular flexibility index (Phi) is 6.81. The number of hydrogen-bond donors (Lipinski definition) is 2. The third-order valence-electron chi connectivity index (χ3n) is 5.18. The van der Waals surface area contributed by atoms with Gasteiger partial charge in [-0.2, -0.15) is 0 Å². The molecule has 2 atom stereocenters. The first-order valence-electron chi connectivity index (χ1n) is 9.37. The van der Waals surface area contributed by atoms with Crippen LogP contribution < -0.4 is 9.80 Å². The van der Waals surface area contributed by atoms with Gasteiger partial charge in [0, 0.05) is 5.56 Å². The Hall–Kier alpha value is -1.47. The Balaban J connectivity index is 1.93. The van der Waals surface area contributed by atoms with Gasteiger partial charge >= 0.3 is 5.97 Å². The third-order valence-corrected chi connectivity index (χ3v) is 5.18. The number of hydrogen-bond acceptors (Lipinski definition) is 4. The average molecular weight is 350 g/mol. The normalized spacial score (nSPS) is 22.3. The summed E-state index contributed by atoms with van der Waals surface area (Å²) < 4.78 is 16.6. The van der Waals surface area contributed by atoms with E-state index >= 15 is 0 Å². The molecule has 1 aromatic rings. The van der Waals surface area contributed by atoms with E-state index in [-0.39, 0.29) is 18.1 Å². The quantitative estimate of drug-likeness (QED) is 0.613. The summed E-state index contributed by atoms with van der Waals surface area (Å²) in [6, 6.07) is 10.3. The van der Waals surface area contributed by atoms with Gasteiger partial charge in [-0.25, -0.2) is 4.79 Å². The molecule has 138 valence electrons. The topological polar surface area (TPSA) is 53.6 Å². The van der Waals surface area contributed by atoms with Gasteiger partial charge < -0.3 is 24.0 Å². The zero-order valence-electron chi connectivity index (χ0n) is 15.0. The zero-order chi connectivity index (χ0) is 17.5. The molecule has 0 spiro atoms. The Bertz CT molecular complexity index is 527. The molecule has 0 aromatic heterocycles. The molecule has 0 radical (unpaired) electrons. The van der Waals surface area contributed by atoms with Crippen molar-refractivity contribution in [2.75, 3.05) is 59.2 Å². The lowest BCUT2D eigenvalue weighted by Gasteiger charge is -2.39. The summed E-state index contributed by atoms with van der Waals surface area (Å²) in [7, 11) is 0. The molecular formula is C19H30N2O4+2. The molecular weight excluding hydrogens is 320 g/mol. The van der Waals surface area contributed by atoms with E-state index in [4.69, 9.17) is 14.2 Å². The van der Waals surface area contributed by atoms with Crippen LogP contribution in [-0.4, -0.2) is 71.2 Å². The lowest BCUT2D eigenvalue weighted by atomic mass is 9.95. The summed E-state index contributed by atoms with van der Waals surface area (Å²) in [6.45, 7) is 8.70. The Labute approximate surface area is 149 Å². The number of morpholine rings is 2. The van der Waals surface area contributed by atoms with Crippen LogP contribution in [-0.2, 0) is 19.0 Å². The molecule has 1 aromatic carbocycles. The minimum Gasteiger partial charge on any atom is -0.461 e. The maximum absolute atomic E-state index is 13.0. The van der Waals surface area contributed by atoms with E-state index in [9.17, 15) is 4.79 Å². The van der Waals surface area contributed by atoms with E-state index in [1.54, 1.807) is 0 Å². The van der Waals surface area contributed by atoms with Gasteiger partial charge in [0.2, 0.25) is 6.04 Å². The van der Waals surface area contributed by atoms with Crippen molar-refractivity contribution in [3.8, 4) is 0 Å². The van der Waals surface area contributed by atoms with Crippen molar-refractivity contribution in [3.63, 3.8) is 0 Å². The highest BCUT2D eigenvalue weighted by Gasteiger charge is 2.46. The second-order valence-electron chi connectivity index (χ2n) is 6.66. The number of esters is 1. The zero-order valence-corrected chi connectivity index (χ0v) is 15.0. The number of nitrogens with one attached hydrogen (secondary N) is 2. The highest BCUT2D eigenvalue weighted by Crippen LogP contribution is 2.14. The molecule has 3 rings (SSSR count). The predicted octanol–water partition coefficient (Wildman–Crippen LogP) is -1.51. The molecule has 2 N–H and O–H groups in total. The molecule has 2 fully saturated rings. The molecule has 6 nitrogen and oxygen atoms in total. The Morgan fingerprint density at radius 2 is 1.56 bits per heavy atom. The van der Waals surface area contributed by atoms with Crippen molar-refractivity contribution < 1.29 is 28.8 Å². The highest BCUT2D eigenvalue weighted by atomic mass is 16.5. The summed E-state index contributed by atoms with van der Waals surface area (Å²) in [4.78, 5) is 15.7. The smallest absolute Gasteiger partial charge is 0.371 e. The van der Waals surface area contributed by atoms with Gasteiger partial charge in [-0.15, -0.1) is 0 Å². The fourth-order valence-corrected chi connectivity index (χ4v) is 3.98. The third kappa shape index (κ3) is 4.58. The number of quaternary nitrogens is 2. The van der Waals surface area contributed by atoms with Crippen molar-refractivity contribution in [3.05, 3.63) is 35.9 Å². The van der Waals surface area contributed by atoms with Crippen LogP contribution in [0.25, 0.3) is 0 Å². The summed E-state index contributed by atoms with van der Waals surface area (Å²) in [5, 5.41) is 0. The maximum Gasteiger partial charge on any atom is 0.371 e. The molecule has 6 heteroatoms. The van der Waals surface area contributed by atoms with Crippen LogP contribution in [0.1, 0.15) is 18.5 Å². The molecule has 0 unspecified atom stereocenters. The first-order chi connectivity index (χ1) is 12.3. The molecule has 25 heavy (non-hydrogen) atoms. The second kappa shape index (κ2) is 9.29. The predicted molar refractivity (Wildman–Crippen MR) is 92.6 cm³/mol. The standard InChI is InChI=1S/C19H28N2O4/c1-2-25-19(22)18(21-10-14-24-15-11-21)17(16-6-4-3-5-7-16)20-8-12-23-13-9-20/h3-7,17-18H,2,8-15H2,1H3/p+2/t17-,18+/m0/s1. The molecule has 2 aliphatic rings. The fourth-order valence-electron chi connectivity index (χ4n) is 3.98. The molecule has 2 heterocycles. The van der Waals surface area contributed by atoms with E-state index in [0.29, 0.717) is 19.8 Å². The van der Waals surface area contributed by atoms with Gasteiger partial charge in [-0.05, 0) is 6.92 Å². The largest absolute Gasteiger partial charge is 0.461 e. The number of benzene rings is 1. The Morgan fingerprint density at radius 1 is 1.00 bits per heavy atom. The number of carbonyl (C=O) groups excluding carboxylic acids is 1. The van der Waals surface area contributed by atoms with Gasteiger partial charge in [0.05, 0.1) is 33.0 Å². The molecule has 2 saturated heterocycles. The van der Waals surface area contributed by atoms with Crippen LogP contribution in [0.5, 0.6) is 0 Å². The van der Waals surface area contributed by atoms with E-state index in [1.807, 2.05) is 13.0 Å². The van der Waals surface area contributed by atoms with Crippen molar-refractivity contribution in [1.29, 1.82) is 0 Å². The van der Waals surface area contributed by atoms with Gasteiger partial charge in [-0.1, -0.05) is 30.3 Å². The lowest BCUT2D eigenvalue weighted by molar-refractivity contribution is -0.999. The molecule has 0 aliphatic carbocycles. The minimum absolute atomic E-state index is 0.0808. The van der Waals surface area contributed by atoms with Crippen LogP contribution in [0, 0.1) is 0 Å². The monoisotopic (exact) mass is 350 g/mol. The number of rotatable bonds is 6. The van der Waals surface area contributed by atoms with Gasteiger partial charge in [0.25, 0.3) is 0 Å². The van der Waals surface area contributed by atoms with Crippen molar-refractivity contribution >= 4 is 5.97 Å². The molecule has 2 aliphatic heterocycles. The van der Waals surface area contributed by atoms with E-state index < -0.39 is 0 Å². The first kappa shape index (κ1) is 18.3. The van der Waals surface area contributed by atoms with Gasteiger partial charge in [0.15, 0.2) is 6.04 Å². The Morgan fingerprint density at radius 3 is 2.12 bits per heavy atom. The van der Waals surface area contributed by atoms with E-state index in [0.717, 1.165) is 39.4 Å². The van der Waals surface area contributed by atoms with Gasteiger partial charge in [-0.3, -0.25) is 0 Å². The van der Waals surface area contributed by atoms with Crippen molar-refractivity contribution in [2.45, 2.75) is 19.0 Å². The summed E-state index contributed by atoms with van der Waals surface area (Å²) in [5.41, 5.74) is 1.21. The molecule has 0 bridgehead atoms. The van der Waals surface area contributed by atoms with Crippen LogP contribution >= 0.6 is 0 Å². The lowest BCUT2D eigenvalue weighted by Crippen LogP contribution is -3.26. The maximum atomic E-state index is 13.0. The van der Waals surface area contributed by atoms with Crippen LogP contribution in [0.15, 0.2) is 30.3 Å². The highest BCUT2D eigenvalue weighted by molar-refractivity contribution is 5.75. The molecule has 0 saturated carbocycles. The second-order valence-corrected chi connectivity index (χ2v) is 6.66. The fraction of sp³-hybridized carbons (Fsp3) is 0.632. The van der Waals surface area contributed by atoms with Crippen molar-refractivity contribution in [2.24, 2.45) is 0 Å². The number of ether oxygens (including phenoxy) is 3. The van der Waals surface area contributed by atoms with Crippen molar-refractivity contribution in [1.82, 2.24) is 0 Å². The SMILES string of the molecule is CCOC(=O)[C@@H]([C@H](c1ccccc1)[NH+]1CCOCC1)[NH+]1CCOCC1. The summed E-state index contributed by atoms with van der Waals surface area (Å²) in [5.74, 6) is -0.0905.